The van der Waals surface area contributed by atoms with E-state index in [-0.39, 0.29) is 5.92 Å². The molecule has 0 amide bonds. The molecular weight excluding hydrogens is 379 g/mol. The molecule has 4 rings (SSSR count). The number of halogens is 3. The SMILES string of the molecule is FC(F)(F)c1ccc(Nc2cc(-c3ccncc3)nc([C@H]3CCCNC3)n2)cc1. The van der Waals surface area contributed by atoms with Gasteiger partial charge in [0.1, 0.15) is 11.6 Å². The van der Waals surface area contributed by atoms with E-state index in [1.807, 2.05) is 12.1 Å². The topological polar surface area (TPSA) is 62.7 Å². The number of pyridine rings is 1. The highest BCUT2D eigenvalue weighted by molar-refractivity contribution is 5.65. The fourth-order valence-corrected chi connectivity index (χ4v) is 3.35. The third-order valence-corrected chi connectivity index (χ3v) is 4.87. The molecule has 3 heterocycles. The highest BCUT2D eigenvalue weighted by atomic mass is 19.4. The standard InChI is InChI=1S/C21H20F3N5/c22-21(23,24)16-3-5-17(6-4-16)27-19-12-18(14-7-10-25-11-8-14)28-20(29-19)15-2-1-9-26-13-15/h3-8,10-12,15,26H,1-2,9,13H2,(H,27,28,29)/t15-/m0/s1. The Hall–Kier alpha value is -3.00. The highest BCUT2D eigenvalue weighted by Gasteiger charge is 2.30. The van der Waals surface area contributed by atoms with Crippen molar-refractivity contribution in [2.75, 3.05) is 18.4 Å². The van der Waals surface area contributed by atoms with E-state index in [0.717, 1.165) is 55.1 Å². The molecule has 0 radical (unpaired) electrons. The number of hydrogen-bond acceptors (Lipinski definition) is 5. The Morgan fingerprint density at radius 3 is 2.41 bits per heavy atom. The van der Waals surface area contributed by atoms with Crippen molar-refractivity contribution >= 4 is 11.5 Å². The van der Waals surface area contributed by atoms with E-state index in [9.17, 15) is 13.2 Å². The molecule has 1 fully saturated rings. The Balaban J connectivity index is 1.66. The summed E-state index contributed by atoms with van der Waals surface area (Å²) >= 11 is 0. The van der Waals surface area contributed by atoms with Crippen molar-refractivity contribution in [2.45, 2.75) is 24.9 Å². The smallest absolute Gasteiger partial charge is 0.340 e. The average Bonchev–Trinajstić information content (AvgIpc) is 2.74. The zero-order valence-electron chi connectivity index (χ0n) is 15.6. The molecular formula is C21H20F3N5. The normalized spacial score (nSPS) is 17.1. The Bertz CT molecular complexity index is 952. The van der Waals surface area contributed by atoms with Gasteiger partial charge in [0.05, 0.1) is 11.3 Å². The molecule has 150 valence electrons. The van der Waals surface area contributed by atoms with Gasteiger partial charge in [0.2, 0.25) is 0 Å². The molecule has 1 aliphatic heterocycles. The van der Waals surface area contributed by atoms with Crippen LogP contribution in [-0.2, 0) is 6.18 Å². The first-order chi connectivity index (χ1) is 14.0. The van der Waals surface area contributed by atoms with Gasteiger partial charge in [0.25, 0.3) is 0 Å². The minimum atomic E-state index is -4.36. The molecule has 1 aromatic carbocycles. The maximum Gasteiger partial charge on any atom is 0.416 e. The number of aromatic nitrogens is 3. The summed E-state index contributed by atoms with van der Waals surface area (Å²) in [6.45, 7) is 1.79. The summed E-state index contributed by atoms with van der Waals surface area (Å²) in [6, 6.07) is 10.4. The average molecular weight is 399 g/mol. The zero-order valence-corrected chi connectivity index (χ0v) is 15.6. The van der Waals surface area contributed by atoms with Gasteiger partial charge in [-0.05, 0) is 55.8 Å². The van der Waals surface area contributed by atoms with Crippen molar-refractivity contribution in [2.24, 2.45) is 0 Å². The largest absolute Gasteiger partial charge is 0.416 e. The lowest BCUT2D eigenvalue weighted by Gasteiger charge is -2.22. The van der Waals surface area contributed by atoms with Crippen molar-refractivity contribution in [1.29, 1.82) is 0 Å². The summed E-state index contributed by atoms with van der Waals surface area (Å²) < 4.78 is 38.4. The van der Waals surface area contributed by atoms with Crippen LogP contribution in [0.3, 0.4) is 0 Å². The van der Waals surface area contributed by atoms with Crippen molar-refractivity contribution in [1.82, 2.24) is 20.3 Å². The van der Waals surface area contributed by atoms with Gasteiger partial charge in [-0.25, -0.2) is 9.97 Å². The second-order valence-electron chi connectivity index (χ2n) is 6.98. The summed E-state index contributed by atoms with van der Waals surface area (Å²) in [5.74, 6) is 1.46. The molecule has 29 heavy (non-hydrogen) atoms. The molecule has 0 unspecified atom stereocenters. The predicted molar refractivity (Wildman–Crippen MR) is 105 cm³/mol. The van der Waals surface area contributed by atoms with E-state index >= 15 is 0 Å². The maximum absolute atomic E-state index is 12.8. The van der Waals surface area contributed by atoms with E-state index < -0.39 is 11.7 Å². The van der Waals surface area contributed by atoms with Gasteiger partial charge < -0.3 is 10.6 Å². The number of benzene rings is 1. The molecule has 3 aromatic rings. The number of anilines is 2. The summed E-state index contributed by atoms with van der Waals surface area (Å²) in [5, 5.41) is 6.48. The molecule has 0 spiro atoms. The third kappa shape index (κ3) is 4.71. The lowest BCUT2D eigenvalue weighted by Crippen LogP contribution is -2.29. The van der Waals surface area contributed by atoms with Crippen LogP contribution in [0.5, 0.6) is 0 Å². The molecule has 2 aromatic heterocycles. The van der Waals surface area contributed by atoms with E-state index in [0.29, 0.717) is 11.5 Å². The van der Waals surface area contributed by atoms with Gasteiger partial charge in [-0.3, -0.25) is 4.98 Å². The molecule has 0 aliphatic carbocycles. The van der Waals surface area contributed by atoms with Crippen LogP contribution < -0.4 is 10.6 Å². The number of hydrogen-bond donors (Lipinski definition) is 2. The zero-order chi connectivity index (χ0) is 20.3. The monoisotopic (exact) mass is 399 g/mol. The molecule has 2 N–H and O–H groups in total. The summed E-state index contributed by atoms with van der Waals surface area (Å²) in [5.41, 5.74) is 1.50. The van der Waals surface area contributed by atoms with Crippen molar-refractivity contribution in [3.8, 4) is 11.3 Å². The summed E-state index contributed by atoms with van der Waals surface area (Å²) in [4.78, 5) is 13.4. The van der Waals surface area contributed by atoms with E-state index in [1.165, 1.54) is 12.1 Å². The van der Waals surface area contributed by atoms with Crippen LogP contribution in [0.4, 0.5) is 24.7 Å². The van der Waals surface area contributed by atoms with Gasteiger partial charge in [0, 0.05) is 42.2 Å². The van der Waals surface area contributed by atoms with Gasteiger partial charge in [0.15, 0.2) is 0 Å². The first-order valence-electron chi connectivity index (χ1n) is 9.43. The minimum absolute atomic E-state index is 0.193. The molecule has 0 bridgehead atoms. The first-order valence-corrected chi connectivity index (χ1v) is 9.43. The predicted octanol–water partition coefficient (Wildman–Crippen LogP) is 4.77. The molecule has 5 nitrogen and oxygen atoms in total. The minimum Gasteiger partial charge on any atom is -0.340 e. The van der Waals surface area contributed by atoms with Crippen LogP contribution in [-0.4, -0.2) is 28.0 Å². The van der Waals surface area contributed by atoms with Crippen molar-refractivity contribution in [3.05, 3.63) is 66.2 Å². The van der Waals surface area contributed by atoms with Gasteiger partial charge in [-0.2, -0.15) is 13.2 Å². The third-order valence-electron chi connectivity index (χ3n) is 4.87. The van der Waals surface area contributed by atoms with Crippen LogP contribution in [0.2, 0.25) is 0 Å². The Morgan fingerprint density at radius 1 is 1.00 bits per heavy atom. The van der Waals surface area contributed by atoms with Crippen LogP contribution in [0, 0.1) is 0 Å². The quantitative estimate of drug-likeness (QED) is 0.662. The van der Waals surface area contributed by atoms with Crippen molar-refractivity contribution < 1.29 is 13.2 Å². The van der Waals surface area contributed by atoms with Crippen LogP contribution in [0.15, 0.2) is 54.9 Å². The number of alkyl halides is 3. The molecule has 8 heteroatoms. The fourth-order valence-electron chi connectivity index (χ4n) is 3.35. The van der Waals surface area contributed by atoms with Crippen LogP contribution in [0.25, 0.3) is 11.3 Å². The van der Waals surface area contributed by atoms with Crippen molar-refractivity contribution in [3.63, 3.8) is 0 Å². The molecule has 1 saturated heterocycles. The first kappa shape index (κ1) is 19.3. The Labute approximate surface area is 166 Å². The van der Waals surface area contributed by atoms with Gasteiger partial charge >= 0.3 is 6.18 Å². The lowest BCUT2D eigenvalue weighted by molar-refractivity contribution is -0.137. The number of rotatable bonds is 4. The van der Waals surface area contributed by atoms with Crippen LogP contribution >= 0.6 is 0 Å². The highest BCUT2D eigenvalue weighted by Crippen LogP contribution is 2.31. The van der Waals surface area contributed by atoms with E-state index in [4.69, 9.17) is 4.98 Å². The molecule has 1 aliphatic rings. The number of nitrogens with one attached hydrogen (secondary N) is 2. The second kappa shape index (κ2) is 8.16. The summed E-state index contributed by atoms with van der Waals surface area (Å²) in [7, 11) is 0. The van der Waals surface area contributed by atoms with E-state index in [2.05, 4.69) is 20.6 Å². The number of piperidine rings is 1. The fraction of sp³-hybridized carbons (Fsp3) is 0.286. The number of nitrogens with zero attached hydrogens (tertiary/aromatic N) is 3. The molecule has 1 atom stereocenters. The Morgan fingerprint density at radius 2 is 1.76 bits per heavy atom. The molecule has 0 saturated carbocycles. The summed E-state index contributed by atoms with van der Waals surface area (Å²) in [6.07, 6.45) is 1.08. The van der Waals surface area contributed by atoms with Gasteiger partial charge in [-0.1, -0.05) is 0 Å². The van der Waals surface area contributed by atoms with Crippen LogP contribution in [0.1, 0.15) is 30.1 Å². The van der Waals surface area contributed by atoms with E-state index in [1.54, 1.807) is 18.5 Å². The Kier molecular flexibility index (Phi) is 5.44. The van der Waals surface area contributed by atoms with Gasteiger partial charge in [-0.15, -0.1) is 0 Å². The second-order valence-corrected chi connectivity index (χ2v) is 6.98. The lowest BCUT2D eigenvalue weighted by atomic mass is 9.98. The maximum atomic E-state index is 12.8.